The van der Waals surface area contributed by atoms with Crippen LogP contribution in [-0.2, 0) is 9.53 Å². The van der Waals surface area contributed by atoms with Crippen molar-refractivity contribution in [2.75, 3.05) is 5.32 Å². The molecule has 4 rings (SSSR count). The highest BCUT2D eigenvalue weighted by Crippen LogP contribution is 2.36. The maximum absolute atomic E-state index is 13.1. The minimum absolute atomic E-state index is 0.0406. The van der Waals surface area contributed by atoms with Crippen molar-refractivity contribution in [3.63, 3.8) is 0 Å². The number of carbonyl (C=O) groups excluding carboxylic acids is 3. The lowest BCUT2D eigenvalue weighted by Crippen LogP contribution is -2.30. The maximum Gasteiger partial charge on any atom is 0.412 e. The second kappa shape index (κ2) is 12.4. The van der Waals surface area contributed by atoms with E-state index in [0.29, 0.717) is 33.3 Å². The zero-order chi connectivity index (χ0) is 27.8. The lowest BCUT2D eigenvalue weighted by atomic mass is 9.96. The number of ether oxygens (including phenoxy) is 2. The van der Waals surface area contributed by atoms with Gasteiger partial charge in [-0.15, -0.1) is 0 Å². The Labute approximate surface area is 224 Å². The first-order valence-electron chi connectivity index (χ1n) is 12.0. The first kappa shape index (κ1) is 26.9. The number of nitrogens with one attached hydrogen (secondary N) is 2. The van der Waals surface area contributed by atoms with E-state index in [4.69, 9.17) is 14.7 Å². The van der Waals surface area contributed by atoms with Crippen molar-refractivity contribution in [3.05, 3.63) is 114 Å². The molecule has 0 heterocycles. The SMILES string of the molecule is CC(=O)c1ccc(NC(=O)O[C@@H](c2ccc(O)c3ccccc23)[C@H](/C=C/C(=O)NO)Oc2ccccc2)cc1. The molecule has 0 aliphatic carbocycles. The van der Waals surface area contributed by atoms with Crippen LogP contribution in [0.5, 0.6) is 11.5 Å². The van der Waals surface area contributed by atoms with Gasteiger partial charge in [0.1, 0.15) is 11.5 Å². The lowest BCUT2D eigenvalue weighted by molar-refractivity contribution is -0.124. The smallest absolute Gasteiger partial charge is 0.412 e. The summed E-state index contributed by atoms with van der Waals surface area (Å²) in [5.41, 5.74) is 2.92. The normalized spacial score (nSPS) is 12.5. The number of Topliss-reactive ketones (excluding diaryl/α,β-unsaturated/α-hetero) is 1. The molecule has 0 saturated heterocycles. The summed E-state index contributed by atoms with van der Waals surface area (Å²) < 4.78 is 12.0. The number of anilines is 1. The zero-order valence-corrected chi connectivity index (χ0v) is 20.9. The fourth-order valence-electron chi connectivity index (χ4n) is 3.99. The van der Waals surface area contributed by atoms with Crippen LogP contribution in [-0.4, -0.2) is 34.2 Å². The van der Waals surface area contributed by atoms with Crippen LogP contribution in [0.25, 0.3) is 10.8 Å². The van der Waals surface area contributed by atoms with Gasteiger partial charge in [-0.05, 0) is 60.9 Å². The monoisotopic (exact) mass is 526 g/mol. The largest absolute Gasteiger partial charge is 0.507 e. The van der Waals surface area contributed by atoms with Crippen LogP contribution >= 0.6 is 0 Å². The molecule has 4 aromatic rings. The molecule has 39 heavy (non-hydrogen) atoms. The van der Waals surface area contributed by atoms with Gasteiger partial charge in [0.15, 0.2) is 18.0 Å². The second-order valence-electron chi connectivity index (χ2n) is 8.53. The molecule has 0 aliphatic heterocycles. The molecule has 0 unspecified atom stereocenters. The molecule has 0 fully saturated rings. The van der Waals surface area contributed by atoms with Crippen molar-refractivity contribution in [1.82, 2.24) is 5.48 Å². The van der Waals surface area contributed by atoms with Gasteiger partial charge in [-0.3, -0.25) is 20.1 Å². The van der Waals surface area contributed by atoms with E-state index in [-0.39, 0.29) is 11.5 Å². The molecule has 9 heteroatoms. The summed E-state index contributed by atoms with van der Waals surface area (Å²) in [6, 6.07) is 25.2. The highest BCUT2D eigenvalue weighted by molar-refractivity contribution is 5.95. The zero-order valence-electron chi connectivity index (χ0n) is 20.9. The number of hydrogen-bond donors (Lipinski definition) is 4. The number of phenolic OH excluding ortho intramolecular Hbond substituents is 1. The molecular weight excluding hydrogens is 500 g/mol. The van der Waals surface area contributed by atoms with Crippen molar-refractivity contribution < 1.29 is 34.2 Å². The fourth-order valence-corrected chi connectivity index (χ4v) is 3.99. The van der Waals surface area contributed by atoms with E-state index in [9.17, 15) is 19.5 Å². The molecule has 0 saturated carbocycles. The van der Waals surface area contributed by atoms with E-state index in [2.05, 4.69) is 5.32 Å². The van der Waals surface area contributed by atoms with Gasteiger partial charge in [0, 0.05) is 28.3 Å². The van der Waals surface area contributed by atoms with E-state index in [0.717, 1.165) is 6.08 Å². The third-order valence-corrected chi connectivity index (χ3v) is 5.87. The predicted octanol–water partition coefficient (Wildman–Crippen LogP) is 5.55. The summed E-state index contributed by atoms with van der Waals surface area (Å²) in [6.07, 6.45) is -0.557. The average molecular weight is 527 g/mol. The van der Waals surface area contributed by atoms with Gasteiger partial charge in [-0.25, -0.2) is 10.3 Å². The summed E-state index contributed by atoms with van der Waals surface area (Å²) in [5, 5.41) is 23.2. The number of carbonyl (C=O) groups is 3. The third kappa shape index (κ3) is 6.79. The number of para-hydroxylation sites is 1. The Morgan fingerprint density at radius 1 is 0.846 bits per heavy atom. The Morgan fingerprint density at radius 3 is 2.18 bits per heavy atom. The van der Waals surface area contributed by atoms with Crippen molar-refractivity contribution in [1.29, 1.82) is 0 Å². The van der Waals surface area contributed by atoms with Crippen LogP contribution in [0.1, 0.15) is 28.9 Å². The van der Waals surface area contributed by atoms with Crippen LogP contribution < -0.4 is 15.5 Å². The third-order valence-electron chi connectivity index (χ3n) is 5.87. The van der Waals surface area contributed by atoms with Gasteiger partial charge < -0.3 is 14.6 Å². The van der Waals surface area contributed by atoms with Crippen LogP contribution in [0.2, 0.25) is 0 Å². The molecule has 0 spiro atoms. The minimum atomic E-state index is -1.12. The first-order chi connectivity index (χ1) is 18.9. The molecule has 0 bridgehead atoms. The highest BCUT2D eigenvalue weighted by Gasteiger charge is 2.30. The summed E-state index contributed by atoms with van der Waals surface area (Å²) in [4.78, 5) is 36.5. The number of benzene rings is 4. The molecular formula is C30H26N2O7. The van der Waals surface area contributed by atoms with Crippen molar-refractivity contribution in [2.24, 2.45) is 0 Å². The Hall–Kier alpha value is -5.15. The maximum atomic E-state index is 13.1. The van der Waals surface area contributed by atoms with E-state index in [1.54, 1.807) is 78.9 Å². The molecule has 0 aliphatic rings. The number of hydrogen-bond acceptors (Lipinski definition) is 7. The van der Waals surface area contributed by atoms with Gasteiger partial charge in [-0.1, -0.05) is 48.5 Å². The first-order valence-corrected chi connectivity index (χ1v) is 12.0. The summed E-state index contributed by atoms with van der Waals surface area (Å²) in [6.45, 7) is 1.45. The standard InChI is InChI=1S/C30H26N2O7/c1-19(33)20-11-13-21(14-12-20)31-30(36)39-29(25-15-16-26(34)24-10-6-5-9-23(24)25)27(17-18-28(35)32-37)38-22-7-3-2-4-8-22/h2-18,27,29,34,37H,1H3,(H,31,36)(H,32,35)/b18-17+/t27-,29-/m0/s1. The van der Waals surface area contributed by atoms with Crippen LogP contribution in [0.4, 0.5) is 10.5 Å². The molecule has 198 valence electrons. The van der Waals surface area contributed by atoms with E-state index in [1.165, 1.54) is 24.5 Å². The topological polar surface area (TPSA) is 134 Å². The van der Waals surface area contributed by atoms with Gasteiger partial charge in [0.2, 0.25) is 0 Å². The number of fused-ring (bicyclic) bond motifs is 1. The van der Waals surface area contributed by atoms with E-state index in [1.807, 2.05) is 6.07 Å². The average Bonchev–Trinajstić information content (AvgIpc) is 2.95. The van der Waals surface area contributed by atoms with Gasteiger partial charge in [0.25, 0.3) is 5.91 Å². The molecule has 4 N–H and O–H groups in total. The molecule has 4 aromatic carbocycles. The molecule has 0 aromatic heterocycles. The minimum Gasteiger partial charge on any atom is -0.507 e. The number of ketones is 1. The molecule has 2 atom stereocenters. The van der Waals surface area contributed by atoms with Crippen LogP contribution in [0.15, 0.2) is 103 Å². The number of rotatable bonds is 9. The number of hydroxylamine groups is 1. The summed E-state index contributed by atoms with van der Waals surface area (Å²) >= 11 is 0. The summed E-state index contributed by atoms with van der Waals surface area (Å²) in [5.74, 6) is -0.434. The van der Waals surface area contributed by atoms with Gasteiger partial charge in [-0.2, -0.15) is 0 Å². The molecule has 0 radical (unpaired) electrons. The molecule has 2 amide bonds. The van der Waals surface area contributed by atoms with Gasteiger partial charge >= 0.3 is 6.09 Å². The van der Waals surface area contributed by atoms with Crippen LogP contribution in [0, 0.1) is 0 Å². The van der Waals surface area contributed by atoms with Crippen molar-refractivity contribution in [2.45, 2.75) is 19.1 Å². The summed E-state index contributed by atoms with van der Waals surface area (Å²) in [7, 11) is 0. The Bertz CT molecular complexity index is 1500. The fraction of sp³-hybridized carbons (Fsp3) is 0.100. The van der Waals surface area contributed by atoms with Crippen LogP contribution in [0.3, 0.4) is 0 Å². The van der Waals surface area contributed by atoms with Crippen molar-refractivity contribution in [3.8, 4) is 11.5 Å². The number of phenols is 1. The quantitative estimate of drug-likeness (QED) is 0.0973. The Balaban J connectivity index is 1.75. The lowest BCUT2D eigenvalue weighted by Gasteiger charge is -2.27. The Morgan fingerprint density at radius 2 is 1.51 bits per heavy atom. The molecule has 9 nitrogen and oxygen atoms in total. The van der Waals surface area contributed by atoms with Gasteiger partial charge in [0.05, 0.1) is 0 Å². The van der Waals surface area contributed by atoms with E-state index >= 15 is 0 Å². The Kier molecular flexibility index (Phi) is 8.55. The number of aromatic hydroxyl groups is 1. The van der Waals surface area contributed by atoms with Crippen molar-refractivity contribution >= 4 is 34.2 Å². The van der Waals surface area contributed by atoms with E-state index < -0.39 is 24.2 Å². The number of amides is 2. The highest BCUT2D eigenvalue weighted by atomic mass is 16.6. The second-order valence-corrected chi connectivity index (χ2v) is 8.53. The predicted molar refractivity (Wildman–Crippen MR) is 145 cm³/mol.